The summed E-state index contributed by atoms with van der Waals surface area (Å²) in [5.41, 5.74) is 3.61. The van der Waals surface area contributed by atoms with E-state index in [-0.39, 0.29) is 5.92 Å². The highest BCUT2D eigenvalue weighted by Gasteiger charge is 2.24. The quantitative estimate of drug-likeness (QED) is 0.706. The first-order valence-electron chi connectivity index (χ1n) is 8.67. The molecule has 0 amide bonds. The van der Waals surface area contributed by atoms with Gasteiger partial charge in [0, 0.05) is 18.6 Å². The average Bonchev–Trinajstić information content (AvgIpc) is 3.09. The molecule has 1 unspecified atom stereocenters. The van der Waals surface area contributed by atoms with E-state index in [0.717, 1.165) is 24.8 Å². The van der Waals surface area contributed by atoms with E-state index in [4.69, 9.17) is 4.52 Å². The second-order valence-corrected chi connectivity index (χ2v) is 8.87. The van der Waals surface area contributed by atoms with E-state index in [9.17, 15) is 8.42 Å². The third kappa shape index (κ3) is 3.55. The number of hydrogen-bond donors (Lipinski definition) is 0. The van der Waals surface area contributed by atoms with Crippen molar-refractivity contribution in [3.05, 3.63) is 76.9 Å². The number of nitrogens with zero attached hydrogens (tertiary/aromatic N) is 2. The third-order valence-corrected chi connectivity index (χ3v) is 5.98. The molecular formula is C20H20N2O3S. The normalized spacial score (nSPS) is 17.0. The molecule has 1 aliphatic carbocycles. The molecule has 26 heavy (non-hydrogen) atoms. The second-order valence-electron chi connectivity index (χ2n) is 6.85. The topological polar surface area (TPSA) is 73.1 Å². The monoisotopic (exact) mass is 368 g/mol. The number of fused-ring (bicyclic) bond motifs is 1. The van der Waals surface area contributed by atoms with Crippen LogP contribution in [0.1, 0.15) is 40.7 Å². The standard InChI is InChI=1S/C20H20N2O3S/c1-26(23,24)18-8-4-5-14(11-18)12-19-21-20(25-22-19)17-10-9-15-6-2-3-7-16(15)13-17/h2-8,11,17H,9-10,12-13H2,1H3. The van der Waals surface area contributed by atoms with Crippen LogP contribution in [0.4, 0.5) is 0 Å². The summed E-state index contributed by atoms with van der Waals surface area (Å²) in [4.78, 5) is 4.87. The SMILES string of the molecule is CS(=O)(=O)c1cccc(Cc2noc(C3CCc4ccccc4C3)n2)c1. The molecule has 0 bridgehead atoms. The number of rotatable bonds is 4. The van der Waals surface area contributed by atoms with Crippen LogP contribution in [0.25, 0.3) is 0 Å². The highest BCUT2D eigenvalue weighted by atomic mass is 32.2. The summed E-state index contributed by atoms with van der Waals surface area (Å²) in [6, 6.07) is 15.4. The largest absolute Gasteiger partial charge is 0.339 e. The number of benzene rings is 2. The Morgan fingerprint density at radius 3 is 2.73 bits per heavy atom. The van der Waals surface area contributed by atoms with Crippen LogP contribution >= 0.6 is 0 Å². The summed E-state index contributed by atoms with van der Waals surface area (Å²) in [5, 5.41) is 4.10. The highest BCUT2D eigenvalue weighted by molar-refractivity contribution is 7.90. The van der Waals surface area contributed by atoms with Gasteiger partial charge in [-0.1, -0.05) is 41.6 Å². The zero-order chi connectivity index (χ0) is 18.1. The van der Waals surface area contributed by atoms with Gasteiger partial charge in [-0.25, -0.2) is 8.42 Å². The molecule has 1 aromatic heterocycles. The van der Waals surface area contributed by atoms with Crippen molar-refractivity contribution in [3.8, 4) is 0 Å². The van der Waals surface area contributed by atoms with Gasteiger partial charge in [0.05, 0.1) is 4.90 Å². The Hall–Kier alpha value is -2.47. The zero-order valence-electron chi connectivity index (χ0n) is 14.6. The molecule has 1 atom stereocenters. The molecule has 0 spiro atoms. The van der Waals surface area contributed by atoms with Crippen molar-refractivity contribution >= 4 is 9.84 Å². The fraction of sp³-hybridized carbons (Fsp3) is 0.300. The first kappa shape index (κ1) is 17.0. The van der Waals surface area contributed by atoms with E-state index in [2.05, 4.69) is 34.4 Å². The van der Waals surface area contributed by atoms with Crippen molar-refractivity contribution in [2.45, 2.75) is 36.5 Å². The van der Waals surface area contributed by atoms with Crippen LogP contribution in [0.15, 0.2) is 57.9 Å². The number of sulfone groups is 1. The molecule has 2 aromatic carbocycles. The highest BCUT2D eigenvalue weighted by Crippen LogP contribution is 2.31. The Morgan fingerprint density at radius 1 is 1.12 bits per heavy atom. The maximum absolute atomic E-state index is 11.7. The van der Waals surface area contributed by atoms with Gasteiger partial charge in [-0.2, -0.15) is 4.98 Å². The molecule has 0 saturated heterocycles. The van der Waals surface area contributed by atoms with Gasteiger partial charge in [-0.05, 0) is 48.1 Å². The molecule has 1 heterocycles. The summed E-state index contributed by atoms with van der Waals surface area (Å²) in [6.45, 7) is 0. The lowest BCUT2D eigenvalue weighted by molar-refractivity contribution is 0.338. The van der Waals surface area contributed by atoms with Gasteiger partial charge >= 0.3 is 0 Å². The van der Waals surface area contributed by atoms with Crippen molar-refractivity contribution in [2.24, 2.45) is 0 Å². The molecule has 0 saturated carbocycles. The number of aryl methyl sites for hydroxylation is 1. The summed E-state index contributed by atoms with van der Waals surface area (Å²) < 4.78 is 28.9. The van der Waals surface area contributed by atoms with E-state index >= 15 is 0 Å². The molecule has 1 aliphatic rings. The first-order valence-corrected chi connectivity index (χ1v) is 10.6. The summed E-state index contributed by atoms with van der Waals surface area (Å²) in [7, 11) is -3.22. The summed E-state index contributed by atoms with van der Waals surface area (Å²) >= 11 is 0. The average molecular weight is 368 g/mol. The van der Waals surface area contributed by atoms with Crippen LogP contribution in [-0.2, 0) is 29.1 Å². The first-order chi connectivity index (χ1) is 12.5. The second kappa shape index (κ2) is 6.68. The Labute approximate surface area is 153 Å². The van der Waals surface area contributed by atoms with Crippen molar-refractivity contribution in [3.63, 3.8) is 0 Å². The maximum atomic E-state index is 11.7. The lowest BCUT2D eigenvalue weighted by Crippen LogP contribution is -2.13. The van der Waals surface area contributed by atoms with Crippen LogP contribution in [0.3, 0.4) is 0 Å². The van der Waals surface area contributed by atoms with Gasteiger partial charge in [0.2, 0.25) is 5.89 Å². The van der Waals surface area contributed by atoms with Crippen LogP contribution in [0, 0.1) is 0 Å². The maximum Gasteiger partial charge on any atom is 0.230 e. The molecule has 3 aromatic rings. The fourth-order valence-corrected chi connectivity index (χ4v) is 4.17. The van der Waals surface area contributed by atoms with Gasteiger partial charge in [0.1, 0.15) is 0 Å². The van der Waals surface area contributed by atoms with Crippen LogP contribution in [0.5, 0.6) is 0 Å². The summed E-state index contributed by atoms with van der Waals surface area (Å²) in [6.07, 6.45) is 4.61. The van der Waals surface area contributed by atoms with E-state index in [0.29, 0.717) is 23.0 Å². The van der Waals surface area contributed by atoms with E-state index in [1.165, 1.54) is 17.4 Å². The van der Waals surface area contributed by atoms with Gasteiger partial charge in [0.25, 0.3) is 0 Å². The van der Waals surface area contributed by atoms with E-state index < -0.39 is 9.84 Å². The Bertz CT molecular complexity index is 1040. The number of hydrogen-bond acceptors (Lipinski definition) is 5. The lowest BCUT2D eigenvalue weighted by Gasteiger charge is -2.21. The molecule has 134 valence electrons. The van der Waals surface area contributed by atoms with Gasteiger partial charge in [-0.15, -0.1) is 0 Å². The molecule has 0 N–H and O–H groups in total. The van der Waals surface area contributed by atoms with Crippen LogP contribution < -0.4 is 0 Å². The smallest absolute Gasteiger partial charge is 0.230 e. The Balaban J connectivity index is 1.51. The van der Waals surface area contributed by atoms with Crippen molar-refractivity contribution in [1.29, 1.82) is 0 Å². The molecule has 5 nitrogen and oxygen atoms in total. The minimum atomic E-state index is -3.22. The van der Waals surface area contributed by atoms with E-state index in [1.807, 2.05) is 6.07 Å². The van der Waals surface area contributed by atoms with Gasteiger partial charge < -0.3 is 4.52 Å². The minimum absolute atomic E-state index is 0.244. The zero-order valence-corrected chi connectivity index (χ0v) is 15.4. The molecule has 6 heteroatoms. The Morgan fingerprint density at radius 2 is 1.92 bits per heavy atom. The third-order valence-electron chi connectivity index (χ3n) is 4.87. The molecule has 0 fully saturated rings. The van der Waals surface area contributed by atoms with Crippen molar-refractivity contribution in [1.82, 2.24) is 10.1 Å². The molecule has 0 aliphatic heterocycles. The van der Waals surface area contributed by atoms with E-state index in [1.54, 1.807) is 18.2 Å². The van der Waals surface area contributed by atoms with Crippen molar-refractivity contribution < 1.29 is 12.9 Å². The predicted octanol–water partition coefficient (Wildman–Crippen LogP) is 3.34. The molecule has 4 rings (SSSR count). The number of aromatic nitrogens is 2. The summed E-state index contributed by atoms with van der Waals surface area (Å²) in [5.74, 6) is 1.51. The fourth-order valence-electron chi connectivity index (χ4n) is 3.48. The Kier molecular flexibility index (Phi) is 4.36. The van der Waals surface area contributed by atoms with Gasteiger partial charge in [0.15, 0.2) is 15.7 Å². The molecular weight excluding hydrogens is 348 g/mol. The van der Waals surface area contributed by atoms with Crippen LogP contribution in [0.2, 0.25) is 0 Å². The van der Waals surface area contributed by atoms with Crippen LogP contribution in [-0.4, -0.2) is 24.8 Å². The van der Waals surface area contributed by atoms with Crippen molar-refractivity contribution in [2.75, 3.05) is 6.26 Å². The minimum Gasteiger partial charge on any atom is -0.339 e. The molecule has 0 radical (unpaired) electrons. The van der Waals surface area contributed by atoms with Gasteiger partial charge in [-0.3, -0.25) is 0 Å². The predicted molar refractivity (Wildman–Crippen MR) is 97.9 cm³/mol. The lowest BCUT2D eigenvalue weighted by atomic mass is 9.84.